The Labute approximate surface area is 257 Å². The number of anilines is 2. The van der Waals surface area contributed by atoms with Gasteiger partial charge in [-0.15, -0.1) is 10.2 Å². The van der Waals surface area contributed by atoms with E-state index in [0.29, 0.717) is 5.92 Å². The molecule has 1 aromatic heterocycles. The molecular formula is C40H30N4. The molecule has 4 nitrogen and oxygen atoms in total. The molecule has 4 heteroatoms. The number of nitrogens with zero attached hydrogens (tertiary/aromatic N) is 3. The fourth-order valence-corrected chi connectivity index (χ4v) is 6.39. The second-order valence-corrected chi connectivity index (χ2v) is 11.2. The molecule has 8 rings (SSSR count). The van der Waals surface area contributed by atoms with Crippen LogP contribution in [0.3, 0.4) is 0 Å². The van der Waals surface area contributed by atoms with Crippen LogP contribution < -0.4 is 5.32 Å². The van der Waals surface area contributed by atoms with Crippen molar-refractivity contribution in [3.8, 4) is 50.7 Å². The Bertz CT molecular complexity index is 2110. The number of fused-ring (bicyclic) bond motifs is 2. The van der Waals surface area contributed by atoms with E-state index >= 15 is 0 Å². The number of hydrogen-bond donors (Lipinski definition) is 1. The maximum atomic E-state index is 4.73. The molecule has 210 valence electrons. The predicted molar refractivity (Wildman–Crippen MR) is 180 cm³/mol. The van der Waals surface area contributed by atoms with Crippen LogP contribution in [0.25, 0.3) is 50.7 Å². The van der Waals surface area contributed by atoms with Crippen molar-refractivity contribution in [1.82, 2.24) is 14.8 Å². The molecule has 7 aromatic rings. The van der Waals surface area contributed by atoms with Crippen molar-refractivity contribution < 1.29 is 0 Å². The Morgan fingerprint density at radius 2 is 1.05 bits per heavy atom. The summed E-state index contributed by atoms with van der Waals surface area (Å²) in [5.74, 6) is 1.96. The second kappa shape index (κ2) is 10.8. The van der Waals surface area contributed by atoms with Gasteiger partial charge < -0.3 is 5.32 Å². The highest BCUT2D eigenvalue weighted by Gasteiger charge is 2.23. The van der Waals surface area contributed by atoms with E-state index in [0.717, 1.165) is 34.0 Å². The van der Waals surface area contributed by atoms with Gasteiger partial charge >= 0.3 is 0 Å². The minimum atomic E-state index is 0.339. The number of nitrogens with one attached hydrogen (secondary N) is 1. The molecule has 1 atom stereocenters. The lowest BCUT2D eigenvalue weighted by molar-refractivity contribution is 0.912. The van der Waals surface area contributed by atoms with Crippen molar-refractivity contribution in [3.63, 3.8) is 0 Å². The number of benzene rings is 6. The van der Waals surface area contributed by atoms with Crippen molar-refractivity contribution >= 4 is 11.4 Å². The minimum absolute atomic E-state index is 0.339. The molecule has 0 saturated heterocycles. The van der Waals surface area contributed by atoms with E-state index in [-0.39, 0.29) is 0 Å². The van der Waals surface area contributed by atoms with Gasteiger partial charge in [0.25, 0.3) is 0 Å². The van der Waals surface area contributed by atoms with Crippen LogP contribution in [0.5, 0.6) is 0 Å². The van der Waals surface area contributed by atoms with Crippen LogP contribution in [0, 0.1) is 0 Å². The molecule has 1 aliphatic rings. The summed E-state index contributed by atoms with van der Waals surface area (Å²) in [6.45, 7) is 2.29. The molecule has 0 radical (unpaired) electrons. The minimum Gasteiger partial charge on any atom is -0.355 e. The Kier molecular flexibility index (Phi) is 6.38. The molecule has 0 saturated carbocycles. The van der Waals surface area contributed by atoms with Gasteiger partial charge in [0.05, 0.1) is 0 Å². The highest BCUT2D eigenvalue weighted by atomic mass is 15.3. The van der Waals surface area contributed by atoms with Crippen LogP contribution in [-0.2, 0) is 0 Å². The summed E-state index contributed by atoms with van der Waals surface area (Å²) in [4.78, 5) is 0. The molecule has 2 heterocycles. The van der Waals surface area contributed by atoms with E-state index in [1.807, 2.05) is 36.4 Å². The summed E-state index contributed by atoms with van der Waals surface area (Å²) in [6.07, 6.45) is 0. The first-order valence-electron chi connectivity index (χ1n) is 15.0. The molecule has 0 fully saturated rings. The average Bonchev–Trinajstić information content (AvgIpc) is 3.55. The SMILES string of the molecule is CC1c2ccccc2Nc2cc(-c3ccccc3-c3cccc(-c4nnc(-c5ccccc5)n4-c4ccccc4)c3)ccc21. The Morgan fingerprint density at radius 3 is 1.82 bits per heavy atom. The quantitative estimate of drug-likeness (QED) is 0.225. The Morgan fingerprint density at radius 1 is 0.477 bits per heavy atom. The first-order chi connectivity index (χ1) is 21.7. The van der Waals surface area contributed by atoms with Crippen molar-refractivity contribution in [2.45, 2.75) is 12.8 Å². The Balaban J connectivity index is 1.22. The molecule has 0 bridgehead atoms. The molecule has 0 amide bonds. The van der Waals surface area contributed by atoms with Crippen LogP contribution in [0.1, 0.15) is 24.0 Å². The van der Waals surface area contributed by atoms with E-state index in [9.17, 15) is 0 Å². The summed E-state index contributed by atoms with van der Waals surface area (Å²) in [5.41, 5.74) is 12.7. The topological polar surface area (TPSA) is 42.7 Å². The summed E-state index contributed by atoms with van der Waals surface area (Å²) in [5, 5.41) is 13.1. The van der Waals surface area contributed by atoms with Crippen molar-refractivity contribution in [2.75, 3.05) is 5.32 Å². The highest BCUT2D eigenvalue weighted by molar-refractivity contribution is 5.87. The molecule has 1 N–H and O–H groups in total. The van der Waals surface area contributed by atoms with Crippen molar-refractivity contribution in [3.05, 3.63) is 163 Å². The van der Waals surface area contributed by atoms with Gasteiger partial charge in [-0.1, -0.05) is 128 Å². The fraction of sp³-hybridized carbons (Fsp3) is 0.0500. The smallest absolute Gasteiger partial charge is 0.168 e. The van der Waals surface area contributed by atoms with Gasteiger partial charge in [-0.2, -0.15) is 0 Å². The lowest BCUT2D eigenvalue weighted by Gasteiger charge is -2.27. The first kappa shape index (κ1) is 25.9. The van der Waals surface area contributed by atoms with Crippen molar-refractivity contribution in [2.24, 2.45) is 0 Å². The Hall–Kier alpha value is -5.74. The van der Waals surface area contributed by atoms with E-state index in [2.05, 4.69) is 137 Å². The van der Waals surface area contributed by atoms with Crippen LogP contribution in [0.4, 0.5) is 11.4 Å². The molecular weight excluding hydrogens is 536 g/mol. The van der Waals surface area contributed by atoms with Crippen molar-refractivity contribution in [1.29, 1.82) is 0 Å². The van der Waals surface area contributed by atoms with Crippen LogP contribution in [0.15, 0.2) is 152 Å². The first-order valence-corrected chi connectivity index (χ1v) is 15.0. The summed E-state index contributed by atoms with van der Waals surface area (Å²) < 4.78 is 2.15. The second-order valence-electron chi connectivity index (χ2n) is 11.2. The zero-order chi connectivity index (χ0) is 29.5. The zero-order valence-electron chi connectivity index (χ0n) is 24.4. The summed E-state index contributed by atoms with van der Waals surface area (Å²) in [6, 6.07) is 53.3. The van der Waals surface area contributed by atoms with Crippen LogP contribution in [-0.4, -0.2) is 14.8 Å². The number of para-hydroxylation sites is 2. The molecule has 44 heavy (non-hydrogen) atoms. The van der Waals surface area contributed by atoms with Gasteiger partial charge in [0.1, 0.15) is 0 Å². The van der Waals surface area contributed by atoms with Crippen LogP contribution >= 0.6 is 0 Å². The normalized spacial score (nSPS) is 13.5. The molecule has 0 aliphatic carbocycles. The molecule has 1 aliphatic heterocycles. The molecule has 0 spiro atoms. The zero-order valence-corrected chi connectivity index (χ0v) is 24.4. The standard InChI is InChI=1S/C40H30N4/c1-27-33-19-10-11-22-37(33)41-38-26-30(23-24-34(27)38)36-21-9-8-20-35(36)29-15-12-16-31(25-29)40-43-42-39(28-13-4-2-5-14-28)44(40)32-17-6-3-7-18-32/h2-27,41H,1H3. The third-order valence-corrected chi connectivity index (χ3v) is 8.60. The van der Waals surface area contributed by atoms with E-state index in [1.54, 1.807) is 0 Å². The van der Waals surface area contributed by atoms with E-state index in [4.69, 9.17) is 5.10 Å². The molecule has 1 unspecified atom stereocenters. The van der Waals surface area contributed by atoms with Gasteiger partial charge in [-0.25, -0.2) is 0 Å². The number of aromatic nitrogens is 3. The highest BCUT2D eigenvalue weighted by Crippen LogP contribution is 2.43. The lowest BCUT2D eigenvalue weighted by atomic mass is 9.85. The van der Waals surface area contributed by atoms with Gasteiger partial charge in [0.15, 0.2) is 11.6 Å². The maximum Gasteiger partial charge on any atom is 0.168 e. The average molecular weight is 567 g/mol. The fourth-order valence-electron chi connectivity index (χ4n) is 6.39. The number of hydrogen-bond acceptors (Lipinski definition) is 3. The van der Waals surface area contributed by atoms with Gasteiger partial charge in [-0.05, 0) is 63.7 Å². The lowest BCUT2D eigenvalue weighted by Crippen LogP contribution is -2.10. The third-order valence-electron chi connectivity index (χ3n) is 8.60. The monoisotopic (exact) mass is 566 g/mol. The van der Waals surface area contributed by atoms with Crippen LogP contribution in [0.2, 0.25) is 0 Å². The summed E-state index contributed by atoms with van der Waals surface area (Å²) >= 11 is 0. The number of rotatable bonds is 5. The van der Waals surface area contributed by atoms with E-state index < -0.39 is 0 Å². The van der Waals surface area contributed by atoms with Gasteiger partial charge in [-0.3, -0.25) is 4.57 Å². The van der Waals surface area contributed by atoms with Gasteiger partial charge in [0, 0.05) is 34.1 Å². The maximum absolute atomic E-state index is 4.73. The largest absolute Gasteiger partial charge is 0.355 e. The summed E-state index contributed by atoms with van der Waals surface area (Å²) in [7, 11) is 0. The molecule has 6 aromatic carbocycles. The van der Waals surface area contributed by atoms with E-state index in [1.165, 1.54) is 39.2 Å². The predicted octanol–water partition coefficient (Wildman–Crippen LogP) is 10.1. The third kappa shape index (κ3) is 4.48. The van der Waals surface area contributed by atoms with Gasteiger partial charge in [0.2, 0.25) is 0 Å².